The lowest BCUT2D eigenvalue weighted by atomic mass is 10.0. The Labute approximate surface area is 116 Å². The standard InChI is InChI=1S/C17H25NO/c1-12(2)16-7-4-13(3)8-17(16)19-11-15-10-18(15)9-14-5-6-14/h4,7-8,12,14-15H,5-6,9-11H2,1-3H3. The number of aryl methyl sites for hydroxylation is 1. The average molecular weight is 259 g/mol. The summed E-state index contributed by atoms with van der Waals surface area (Å²) in [5, 5.41) is 0. The highest BCUT2D eigenvalue weighted by molar-refractivity contribution is 5.39. The Bertz CT molecular complexity index is 451. The van der Waals surface area contributed by atoms with E-state index in [1.165, 1.54) is 37.1 Å². The van der Waals surface area contributed by atoms with E-state index in [2.05, 4.69) is 43.9 Å². The highest BCUT2D eigenvalue weighted by Crippen LogP contribution is 2.34. The second kappa shape index (κ2) is 5.16. The van der Waals surface area contributed by atoms with Crippen molar-refractivity contribution in [2.75, 3.05) is 19.7 Å². The third-order valence-electron chi connectivity index (χ3n) is 4.24. The van der Waals surface area contributed by atoms with Gasteiger partial charge in [-0.1, -0.05) is 26.0 Å². The number of hydrogen-bond acceptors (Lipinski definition) is 2. The van der Waals surface area contributed by atoms with Crippen molar-refractivity contribution in [1.82, 2.24) is 4.90 Å². The molecule has 0 bridgehead atoms. The molecular weight excluding hydrogens is 234 g/mol. The summed E-state index contributed by atoms with van der Waals surface area (Å²) in [6, 6.07) is 7.24. The van der Waals surface area contributed by atoms with Crippen LogP contribution in [0.3, 0.4) is 0 Å². The Morgan fingerprint density at radius 3 is 2.79 bits per heavy atom. The van der Waals surface area contributed by atoms with Crippen molar-refractivity contribution in [3.05, 3.63) is 29.3 Å². The Hall–Kier alpha value is -1.02. The van der Waals surface area contributed by atoms with Crippen molar-refractivity contribution in [2.24, 2.45) is 5.92 Å². The average Bonchev–Trinajstić information content (AvgIpc) is 3.25. The molecule has 1 saturated carbocycles. The van der Waals surface area contributed by atoms with Crippen molar-refractivity contribution in [3.63, 3.8) is 0 Å². The van der Waals surface area contributed by atoms with Crippen LogP contribution in [0.4, 0.5) is 0 Å². The fraction of sp³-hybridized carbons (Fsp3) is 0.647. The van der Waals surface area contributed by atoms with Gasteiger partial charge in [-0.25, -0.2) is 0 Å². The normalized spacial score (nSPS) is 25.7. The summed E-state index contributed by atoms with van der Waals surface area (Å²) < 4.78 is 6.09. The molecule has 0 radical (unpaired) electrons. The molecule has 1 aromatic rings. The second-order valence-corrected chi connectivity index (χ2v) is 6.56. The third kappa shape index (κ3) is 3.30. The first-order valence-electron chi connectivity index (χ1n) is 7.61. The van der Waals surface area contributed by atoms with Gasteiger partial charge in [-0.15, -0.1) is 0 Å². The summed E-state index contributed by atoms with van der Waals surface area (Å²) in [6.45, 7) is 9.99. The summed E-state index contributed by atoms with van der Waals surface area (Å²) >= 11 is 0. The monoisotopic (exact) mass is 259 g/mol. The maximum absolute atomic E-state index is 6.09. The van der Waals surface area contributed by atoms with E-state index in [1.54, 1.807) is 0 Å². The molecule has 1 aliphatic carbocycles. The van der Waals surface area contributed by atoms with Crippen molar-refractivity contribution in [2.45, 2.75) is 45.6 Å². The molecule has 2 heteroatoms. The largest absolute Gasteiger partial charge is 0.492 e. The molecule has 0 N–H and O–H groups in total. The summed E-state index contributed by atoms with van der Waals surface area (Å²) in [7, 11) is 0. The molecule has 0 spiro atoms. The first-order valence-corrected chi connectivity index (χ1v) is 7.61. The molecule has 2 unspecified atom stereocenters. The van der Waals surface area contributed by atoms with E-state index in [0.29, 0.717) is 12.0 Å². The topological polar surface area (TPSA) is 12.2 Å². The van der Waals surface area contributed by atoms with Crippen molar-refractivity contribution in [3.8, 4) is 5.75 Å². The van der Waals surface area contributed by atoms with Crippen LogP contribution in [-0.4, -0.2) is 30.6 Å². The number of rotatable bonds is 6. The Morgan fingerprint density at radius 1 is 1.32 bits per heavy atom. The summed E-state index contributed by atoms with van der Waals surface area (Å²) in [4.78, 5) is 2.56. The summed E-state index contributed by atoms with van der Waals surface area (Å²) in [6.07, 6.45) is 2.89. The highest BCUT2D eigenvalue weighted by atomic mass is 16.5. The van der Waals surface area contributed by atoms with Crippen LogP contribution in [0.1, 0.15) is 43.7 Å². The number of benzene rings is 1. The van der Waals surface area contributed by atoms with Gasteiger partial charge in [-0.05, 0) is 48.8 Å². The van der Waals surface area contributed by atoms with Crippen LogP contribution < -0.4 is 4.74 Å². The van der Waals surface area contributed by atoms with Gasteiger partial charge in [0.15, 0.2) is 0 Å². The Morgan fingerprint density at radius 2 is 2.11 bits per heavy atom. The molecule has 104 valence electrons. The van der Waals surface area contributed by atoms with Gasteiger partial charge in [0.1, 0.15) is 12.4 Å². The maximum atomic E-state index is 6.09. The van der Waals surface area contributed by atoms with Gasteiger partial charge < -0.3 is 4.74 Å². The molecule has 2 aliphatic rings. The van der Waals surface area contributed by atoms with E-state index in [-0.39, 0.29) is 0 Å². The molecule has 19 heavy (non-hydrogen) atoms. The van der Waals surface area contributed by atoms with Gasteiger partial charge >= 0.3 is 0 Å². The van der Waals surface area contributed by atoms with Crippen molar-refractivity contribution in [1.29, 1.82) is 0 Å². The van der Waals surface area contributed by atoms with Crippen molar-refractivity contribution < 1.29 is 4.74 Å². The number of ether oxygens (including phenoxy) is 1. The van der Waals surface area contributed by atoms with Crippen LogP contribution in [0, 0.1) is 12.8 Å². The van der Waals surface area contributed by atoms with Gasteiger partial charge in [-0.3, -0.25) is 4.90 Å². The van der Waals surface area contributed by atoms with Crippen LogP contribution >= 0.6 is 0 Å². The zero-order valence-electron chi connectivity index (χ0n) is 12.4. The molecule has 0 aromatic heterocycles. The fourth-order valence-corrected chi connectivity index (χ4v) is 2.67. The van der Waals surface area contributed by atoms with Crippen LogP contribution in [0.25, 0.3) is 0 Å². The van der Waals surface area contributed by atoms with E-state index in [0.717, 1.165) is 18.3 Å². The number of hydrogen-bond donors (Lipinski definition) is 0. The van der Waals surface area contributed by atoms with E-state index in [4.69, 9.17) is 4.74 Å². The zero-order chi connectivity index (χ0) is 13.4. The Balaban J connectivity index is 1.55. The summed E-state index contributed by atoms with van der Waals surface area (Å²) in [5.41, 5.74) is 2.62. The molecule has 3 rings (SSSR count). The minimum Gasteiger partial charge on any atom is -0.492 e. The lowest BCUT2D eigenvalue weighted by molar-refractivity contribution is 0.288. The first-order chi connectivity index (χ1) is 9.13. The molecule has 2 atom stereocenters. The molecule has 0 amide bonds. The maximum Gasteiger partial charge on any atom is 0.123 e. The van der Waals surface area contributed by atoms with Gasteiger partial charge in [-0.2, -0.15) is 0 Å². The minimum absolute atomic E-state index is 0.525. The lowest BCUT2D eigenvalue weighted by Crippen LogP contribution is -2.13. The van der Waals surface area contributed by atoms with Gasteiger partial charge in [0.2, 0.25) is 0 Å². The SMILES string of the molecule is Cc1ccc(C(C)C)c(OCC2CN2CC2CC2)c1. The van der Waals surface area contributed by atoms with Crippen LogP contribution in [0.2, 0.25) is 0 Å². The molecule has 1 heterocycles. The van der Waals surface area contributed by atoms with Gasteiger partial charge in [0.25, 0.3) is 0 Å². The smallest absolute Gasteiger partial charge is 0.123 e. The van der Waals surface area contributed by atoms with E-state index >= 15 is 0 Å². The van der Waals surface area contributed by atoms with E-state index < -0.39 is 0 Å². The molecule has 2 fully saturated rings. The predicted molar refractivity (Wildman–Crippen MR) is 78.8 cm³/mol. The van der Waals surface area contributed by atoms with Gasteiger partial charge in [0, 0.05) is 13.1 Å². The molecule has 1 aromatic carbocycles. The van der Waals surface area contributed by atoms with Crippen LogP contribution in [0.5, 0.6) is 5.75 Å². The lowest BCUT2D eigenvalue weighted by Gasteiger charge is -2.15. The predicted octanol–water partition coefficient (Wildman–Crippen LogP) is 3.59. The van der Waals surface area contributed by atoms with Crippen LogP contribution in [0.15, 0.2) is 18.2 Å². The quantitative estimate of drug-likeness (QED) is 0.724. The Kier molecular flexibility index (Phi) is 3.53. The molecule has 1 saturated heterocycles. The third-order valence-corrected chi connectivity index (χ3v) is 4.24. The summed E-state index contributed by atoms with van der Waals surface area (Å²) in [5.74, 6) is 2.61. The number of nitrogens with zero attached hydrogens (tertiary/aromatic N) is 1. The minimum atomic E-state index is 0.525. The second-order valence-electron chi connectivity index (χ2n) is 6.56. The van der Waals surface area contributed by atoms with E-state index in [1.807, 2.05) is 0 Å². The van der Waals surface area contributed by atoms with Crippen molar-refractivity contribution >= 4 is 0 Å². The highest BCUT2D eigenvalue weighted by Gasteiger charge is 2.38. The van der Waals surface area contributed by atoms with Gasteiger partial charge in [0.05, 0.1) is 6.04 Å². The fourth-order valence-electron chi connectivity index (χ4n) is 2.67. The van der Waals surface area contributed by atoms with E-state index in [9.17, 15) is 0 Å². The molecule has 2 nitrogen and oxygen atoms in total. The molecule has 1 aliphatic heterocycles. The molecular formula is C17H25NO. The first kappa shape index (κ1) is 13.0. The zero-order valence-corrected chi connectivity index (χ0v) is 12.4. The van der Waals surface area contributed by atoms with Crippen LogP contribution in [-0.2, 0) is 0 Å².